The van der Waals surface area contributed by atoms with Crippen LogP contribution in [0.3, 0.4) is 0 Å². The number of carbonyl (C=O) groups is 1. The highest BCUT2D eigenvalue weighted by atomic mass is 32.2. The average molecular weight is 325 g/mol. The summed E-state index contributed by atoms with van der Waals surface area (Å²) in [5.41, 5.74) is 1.17. The SMILES string of the molecule is O=C(SN1CCCC1)n1c2ccccc2c(=O)c2cnccc21. The predicted octanol–water partition coefficient (Wildman–Crippen LogP) is 3.26. The maximum Gasteiger partial charge on any atom is 0.305 e. The maximum atomic E-state index is 12.9. The minimum absolute atomic E-state index is 0.0840. The van der Waals surface area contributed by atoms with Gasteiger partial charge in [0.1, 0.15) is 0 Å². The molecule has 23 heavy (non-hydrogen) atoms. The van der Waals surface area contributed by atoms with Crippen LogP contribution < -0.4 is 5.43 Å². The Morgan fingerprint density at radius 1 is 1.04 bits per heavy atom. The summed E-state index contributed by atoms with van der Waals surface area (Å²) in [6.07, 6.45) is 5.39. The van der Waals surface area contributed by atoms with Gasteiger partial charge >= 0.3 is 5.24 Å². The Labute approximate surface area is 137 Å². The number of para-hydroxylation sites is 1. The number of fused-ring (bicyclic) bond motifs is 2. The van der Waals surface area contributed by atoms with Crippen molar-refractivity contribution in [3.8, 4) is 0 Å². The van der Waals surface area contributed by atoms with Crippen molar-refractivity contribution in [2.75, 3.05) is 13.1 Å². The normalized spacial score (nSPS) is 15.5. The van der Waals surface area contributed by atoms with Gasteiger partial charge in [-0.2, -0.15) is 0 Å². The van der Waals surface area contributed by atoms with E-state index in [2.05, 4.69) is 9.29 Å². The molecule has 0 spiro atoms. The molecule has 1 fully saturated rings. The molecule has 4 rings (SSSR count). The van der Waals surface area contributed by atoms with Gasteiger partial charge in [0, 0.05) is 42.8 Å². The Balaban J connectivity index is 1.96. The molecule has 0 saturated carbocycles. The van der Waals surface area contributed by atoms with Crippen molar-refractivity contribution < 1.29 is 4.79 Å². The number of benzene rings is 1. The van der Waals surface area contributed by atoms with Gasteiger partial charge < -0.3 is 0 Å². The van der Waals surface area contributed by atoms with Gasteiger partial charge in [-0.15, -0.1) is 0 Å². The topological polar surface area (TPSA) is 55.2 Å². The number of hydrogen-bond donors (Lipinski definition) is 0. The number of hydrogen-bond acceptors (Lipinski definition) is 5. The summed E-state index contributed by atoms with van der Waals surface area (Å²) in [4.78, 5) is 29.6. The Hall–Kier alpha value is -2.18. The zero-order valence-electron chi connectivity index (χ0n) is 12.4. The number of pyridine rings is 2. The lowest BCUT2D eigenvalue weighted by Gasteiger charge is -2.16. The first-order valence-electron chi connectivity index (χ1n) is 7.60. The standard InChI is InChI=1S/C17H15N3O2S/c21-16-12-5-1-2-6-14(12)20(15-7-8-18-11-13(15)16)17(22)23-19-9-3-4-10-19/h1-2,5-8,11H,3-4,9-10H2. The van der Waals surface area contributed by atoms with Crippen molar-refractivity contribution in [3.05, 3.63) is 52.9 Å². The smallest absolute Gasteiger partial charge is 0.288 e. The Morgan fingerprint density at radius 2 is 1.78 bits per heavy atom. The molecule has 1 aliphatic rings. The summed E-state index contributed by atoms with van der Waals surface area (Å²) >= 11 is 1.23. The van der Waals surface area contributed by atoms with Gasteiger partial charge in [0.25, 0.3) is 0 Å². The third-order valence-electron chi connectivity index (χ3n) is 4.13. The van der Waals surface area contributed by atoms with Crippen LogP contribution in [0.2, 0.25) is 0 Å². The highest BCUT2D eigenvalue weighted by molar-refractivity contribution is 8.11. The minimum Gasteiger partial charge on any atom is -0.288 e. The van der Waals surface area contributed by atoms with Crippen LogP contribution in [0.25, 0.3) is 21.8 Å². The summed E-state index contributed by atoms with van der Waals surface area (Å²) in [6.45, 7) is 1.85. The van der Waals surface area contributed by atoms with E-state index in [1.165, 1.54) is 18.1 Å². The lowest BCUT2D eigenvalue weighted by molar-refractivity contribution is 0.262. The van der Waals surface area contributed by atoms with Gasteiger partial charge in [0.2, 0.25) is 0 Å². The maximum absolute atomic E-state index is 12.9. The Morgan fingerprint density at radius 3 is 2.61 bits per heavy atom. The first kappa shape index (κ1) is 14.4. The molecule has 0 aliphatic carbocycles. The Kier molecular flexibility index (Phi) is 3.63. The number of aromatic nitrogens is 2. The lowest BCUT2D eigenvalue weighted by Crippen LogP contribution is -2.20. The fraction of sp³-hybridized carbons (Fsp3) is 0.235. The largest absolute Gasteiger partial charge is 0.305 e. The molecule has 5 nitrogen and oxygen atoms in total. The highest BCUT2D eigenvalue weighted by Gasteiger charge is 2.21. The minimum atomic E-state index is -0.0843. The molecule has 0 unspecified atom stereocenters. The van der Waals surface area contributed by atoms with E-state index in [1.807, 2.05) is 18.2 Å². The van der Waals surface area contributed by atoms with E-state index in [1.54, 1.807) is 22.9 Å². The van der Waals surface area contributed by atoms with Gasteiger partial charge in [0.05, 0.1) is 16.4 Å². The fourth-order valence-corrected chi connectivity index (χ4v) is 3.96. The number of carbonyl (C=O) groups excluding carboxylic acids is 1. The van der Waals surface area contributed by atoms with Crippen LogP contribution in [-0.2, 0) is 0 Å². The van der Waals surface area contributed by atoms with Gasteiger partial charge in [0.15, 0.2) is 5.43 Å². The van der Waals surface area contributed by atoms with Crippen molar-refractivity contribution >= 4 is 39.0 Å². The van der Waals surface area contributed by atoms with Crippen LogP contribution in [-0.4, -0.2) is 32.2 Å². The van der Waals surface area contributed by atoms with Gasteiger partial charge in [-0.3, -0.25) is 19.1 Å². The van der Waals surface area contributed by atoms with Crippen LogP contribution in [0, 0.1) is 0 Å². The van der Waals surface area contributed by atoms with Gasteiger partial charge in [-0.25, -0.2) is 4.31 Å². The predicted molar refractivity (Wildman–Crippen MR) is 92.7 cm³/mol. The molecule has 6 heteroatoms. The molecule has 0 atom stereocenters. The number of rotatable bonds is 1. The van der Waals surface area contributed by atoms with E-state index < -0.39 is 0 Å². The molecule has 0 N–H and O–H groups in total. The number of nitrogens with zero attached hydrogens (tertiary/aromatic N) is 3. The molecule has 0 radical (unpaired) electrons. The van der Waals surface area contributed by atoms with Crippen LogP contribution in [0.4, 0.5) is 4.79 Å². The molecule has 1 aromatic carbocycles. The summed E-state index contributed by atoms with van der Waals surface area (Å²) < 4.78 is 3.72. The summed E-state index contributed by atoms with van der Waals surface area (Å²) in [6, 6.07) is 8.96. The van der Waals surface area contributed by atoms with E-state index in [0.717, 1.165) is 25.9 Å². The summed E-state index contributed by atoms with van der Waals surface area (Å²) in [5.74, 6) is 0. The fourth-order valence-electron chi connectivity index (χ4n) is 3.02. The molecule has 3 heterocycles. The van der Waals surface area contributed by atoms with E-state index >= 15 is 0 Å². The molecular formula is C17H15N3O2S. The third kappa shape index (κ3) is 2.44. The molecule has 0 bridgehead atoms. The summed E-state index contributed by atoms with van der Waals surface area (Å²) in [7, 11) is 0. The molecule has 116 valence electrons. The van der Waals surface area contributed by atoms with E-state index in [9.17, 15) is 9.59 Å². The van der Waals surface area contributed by atoms with Crippen molar-refractivity contribution in [1.29, 1.82) is 0 Å². The van der Waals surface area contributed by atoms with Crippen molar-refractivity contribution in [3.63, 3.8) is 0 Å². The van der Waals surface area contributed by atoms with Gasteiger partial charge in [-0.1, -0.05) is 12.1 Å². The van der Waals surface area contributed by atoms with Crippen molar-refractivity contribution in [2.45, 2.75) is 12.8 Å². The monoisotopic (exact) mass is 325 g/mol. The second-order valence-electron chi connectivity index (χ2n) is 5.57. The first-order chi connectivity index (χ1) is 11.3. The quantitative estimate of drug-likeness (QED) is 0.508. The molecular weight excluding hydrogens is 310 g/mol. The van der Waals surface area contributed by atoms with Crippen molar-refractivity contribution in [2.24, 2.45) is 0 Å². The zero-order valence-corrected chi connectivity index (χ0v) is 13.3. The van der Waals surface area contributed by atoms with E-state index in [-0.39, 0.29) is 10.7 Å². The molecule has 2 aromatic heterocycles. The third-order valence-corrected chi connectivity index (χ3v) is 5.09. The van der Waals surface area contributed by atoms with Crippen molar-refractivity contribution in [1.82, 2.24) is 13.9 Å². The lowest BCUT2D eigenvalue weighted by atomic mass is 10.1. The van der Waals surface area contributed by atoms with E-state index in [4.69, 9.17) is 0 Å². The Bertz CT molecular complexity index is 901. The second-order valence-corrected chi connectivity index (χ2v) is 6.62. The van der Waals surface area contributed by atoms with Crippen LogP contribution >= 0.6 is 11.9 Å². The summed E-state index contributed by atoms with van der Waals surface area (Å²) in [5, 5.41) is 0.934. The average Bonchev–Trinajstić information content (AvgIpc) is 3.08. The zero-order chi connectivity index (χ0) is 15.8. The van der Waals surface area contributed by atoms with Crippen LogP contribution in [0.5, 0.6) is 0 Å². The second kappa shape index (κ2) is 5.79. The van der Waals surface area contributed by atoms with Crippen LogP contribution in [0.1, 0.15) is 12.8 Å². The molecule has 1 aliphatic heterocycles. The van der Waals surface area contributed by atoms with E-state index in [0.29, 0.717) is 21.8 Å². The molecule has 3 aromatic rings. The molecule has 0 amide bonds. The van der Waals surface area contributed by atoms with Crippen LogP contribution in [0.15, 0.2) is 47.5 Å². The van der Waals surface area contributed by atoms with Gasteiger partial charge in [-0.05, 0) is 31.0 Å². The highest BCUT2D eigenvalue weighted by Crippen LogP contribution is 2.25. The first-order valence-corrected chi connectivity index (χ1v) is 8.38. The molecule has 1 saturated heterocycles.